The summed E-state index contributed by atoms with van der Waals surface area (Å²) in [6.45, 7) is 8.14. The molecule has 2 rings (SSSR count). The van der Waals surface area contributed by atoms with Gasteiger partial charge in [-0.25, -0.2) is 5.48 Å². The van der Waals surface area contributed by atoms with E-state index in [2.05, 4.69) is 17.4 Å². The van der Waals surface area contributed by atoms with Crippen molar-refractivity contribution in [1.29, 1.82) is 0 Å². The molecule has 2 N–H and O–H groups in total. The minimum atomic E-state index is 0.0114. The quantitative estimate of drug-likeness (QED) is 0.431. The summed E-state index contributed by atoms with van der Waals surface area (Å²) in [6.07, 6.45) is 0.753. The van der Waals surface area contributed by atoms with Crippen LogP contribution in [0.25, 0.3) is 5.57 Å². The highest BCUT2D eigenvalue weighted by Gasteiger charge is 2.28. The van der Waals surface area contributed by atoms with Gasteiger partial charge in [-0.2, -0.15) is 0 Å². The molecule has 0 spiro atoms. The van der Waals surface area contributed by atoms with Gasteiger partial charge in [0.15, 0.2) is 0 Å². The lowest BCUT2D eigenvalue weighted by Crippen LogP contribution is -2.36. The van der Waals surface area contributed by atoms with Crippen LogP contribution < -0.4 is 10.8 Å². The summed E-state index contributed by atoms with van der Waals surface area (Å²) in [7, 11) is 0. The predicted molar refractivity (Wildman–Crippen MR) is 92.1 cm³/mol. The monoisotopic (exact) mass is 341 g/mol. The molecule has 1 aromatic carbocycles. The number of hydrogen-bond donors (Lipinski definition) is 2. The molecule has 0 saturated heterocycles. The van der Waals surface area contributed by atoms with Crippen LogP contribution in [0.4, 0.5) is 0 Å². The number of nitrogens with zero attached hydrogens (tertiary/aromatic N) is 1. The molecule has 0 saturated carbocycles. The molecule has 1 aliphatic heterocycles. The van der Waals surface area contributed by atoms with Crippen molar-refractivity contribution < 1.29 is 4.84 Å². The van der Waals surface area contributed by atoms with Gasteiger partial charge in [-0.15, -0.1) is 0 Å². The van der Waals surface area contributed by atoms with E-state index < -0.39 is 0 Å². The fraction of sp³-hybridized carbons (Fsp3) is 0.375. The number of hydroxylamine groups is 1. The SMILES string of the molecule is C=C(c1ccccc1)C(CCONCC)N1CNC(Cl)=C1Cl. The first-order valence-electron chi connectivity index (χ1n) is 7.29. The molecule has 1 atom stereocenters. The Labute approximate surface area is 141 Å². The standard InChI is InChI=1S/C16H21Cl2N3O/c1-3-20-22-10-9-14(21-11-19-15(17)16(21)18)12(2)13-7-5-4-6-8-13/h4-8,14,19-20H,2-3,9-11H2,1H3. The Morgan fingerprint density at radius 2 is 2.14 bits per heavy atom. The van der Waals surface area contributed by atoms with Crippen molar-refractivity contribution >= 4 is 28.8 Å². The largest absolute Gasteiger partial charge is 0.356 e. The van der Waals surface area contributed by atoms with E-state index in [1.807, 2.05) is 42.2 Å². The second-order valence-electron chi connectivity index (χ2n) is 4.95. The van der Waals surface area contributed by atoms with E-state index in [1.165, 1.54) is 0 Å². The van der Waals surface area contributed by atoms with E-state index in [9.17, 15) is 0 Å². The van der Waals surface area contributed by atoms with Gasteiger partial charge in [-0.1, -0.05) is 67.0 Å². The molecule has 120 valence electrons. The summed E-state index contributed by atoms with van der Waals surface area (Å²) < 4.78 is 0. The Balaban J connectivity index is 2.13. The van der Waals surface area contributed by atoms with Gasteiger partial charge in [0.25, 0.3) is 0 Å². The number of nitrogens with one attached hydrogen (secondary N) is 2. The average Bonchev–Trinajstić information content (AvgIpc) is 2.87. The van der Waals surface area contributed by atoms with Gasteiger partial charge < -0.3 is 15.1 Å². The summed E-state index contributed by atoms with van der Waals surface area (Å²) in [5, 5.41) is 4.04. The molecule has 1 unspecified atom stereocenters. The van der Waals surface area contributed by atoms with Gasteiger partial charge in [0, 0.05) is 6.54 Å². The maximum atomic E-state index is 6.31. The summed E-state index contributed by atoms with van der Waals surface area (Å²) in [6, 6.07) is 10.1. The van der Waals surface area contributed by atoms with Crippen LogP contribution in [0, 0.1) is 0 Å². The van der Waals surface area contributed by atoms with Gasteiger partial charge in [0.05, 0.1) is 19.3 Å². The lowest BCUT2D eigenvalue weighted by Gasteiger charge is -2.31. The van der Waals surface area contributed by atoms with Gasteiger partial charge in [-0.05, 0) is 17.6 Å². The highest BCUT2D eigenvalue weighted by atomic mass is 35.5. The van der Waals surface area contributed by atoms with Crippen LogP contribution in [0.15, 0.2) is 47.2 Å². The van der Waals surface area contributed by atoms with Crippen LogP contribution >= 0.6 is 23.2 Å². The Morgan fingerprint density at radius 3 is 2.73 bits per heavy atom. The smallest absolute Gasteiger partial charge is 0.142 e. The fourth-order valence-corrected chi connectivity index (χ4v) is 2.79. The molecule has 0 aliphatic carbocycles. The molecule has 0 radical (unpaired) electrons. The molecule has 0 amide bonds. The first-order chi connectivity index (χ1) is 10.6. The van der Waals surface area contributed by atoms with Crippen LogP contribution in [-0.2, 0) is 4.84 Å². The molecule has 1 heterocycles. The summed E-state index contributed by atoms with van der Waals surface area (Å²) in [4.78, 5) is 7.40. The van der Waals surface area contributed by atoms with Crippen molar-refractivity contribution in [2.75, 3.05) is 19.8 Å². The first-order valence-corrected chi connectivity index (χ1v) is 8.05. The predicted octanol–water partition coefficient (Wildman–Crippen LogP) is 3.47. The van der Waals surface area contributed by atoms with Crippen molar-refractivity contribution in [1.82, 2.24) is 15.7 Å². The fourth-order valence-electron chi connectivity index (χ4n) is 2.38. The maximum absolute atomic E-state index is 6.31. The van der Waals surface area contributed by atoms with Gasteiger partial charge in [0.2, 0.25) is 0 Å². The topological polar surface area (TPSA) is 36.5 Å². The van der Waals surface area contributed by atoms with Crippen LogP contribution in [0.1, 0.15) is 18.9 Å². The molecule has 0 fully saturated rings. The number of benzene rings is 1. The molecule has 6 heteroatoms. The second-order valence-corrected chi connectivity index (χ2v) is 5.69. The van der Waals surface area contributed by atoms with Crippen LogP contribution in [0.3, 0.4) is 0 Å². The van der Waals surface area contributed by atoms with E-state index in [4.69, 9.17) is 28.0 Å². The van der Waals surface area contributed by atoms with Crippen molar-refractivity contribution in [2.45, 2.75) is 19.4 Å². The maximum Gasteiger partial charge on any atom is 0.142 e. The third-order valence-electron chi connectivity index (χ3n) is 3.50. The van der Waals surface area contributed by atoms with Crippen molar-refractivity contribution in [2.24, 2.45) is 0 Å². The first kappa shape index (κ1) is 17.2. The summed E-state index contributed by atoms with van der Waals surface area (Å²) in [5.41, 5.74) is 4.94. The van der Waals surface area contributed by atoms with E-state index in [0.29, 0.717) is 23.6 Å². The van der Waals surface area contributed by atoms with Crippen molar-refractivity contribution in [3.8, 4) is 0 Å². The molecule has 22 heavy (non-hydrogen) atoms. The van der Waals surface area contributed by atoms with E-state index in [-0.39, 0.29) is 6.04 Å². The van der Waals surface area contributed by atoms with Crippen LogP contribution in [0.5, 0.6) is 0 Å². The van der Waals surface area contributed by atoms with Gasteiger partial charge in [0.1, 0.15) is 10.3 Å². The zero-order chi connectivity index (χ0) is 15.9. The lowest BCUT2D eigenvalue weighted by atomic mass is 9.97. The molecule has 0 bridgehead atoms. The average molecular weight is 342 g/mol. The molecule has 1 aliphatic rings. The lowest BCUT2D eigenvalue weighted by molar-refractivity contribution is 0.0362. The van der Waals surface area contributed by atoms with Crippen molar-refractivity contribution in [3.63, 3.8) is 0 Å². The molecular weight excluding hydrogens is 321 g/mol. The number of rotatable bonds is 8. The third-order valence-corrected chi connectivity index (χ3v) is 4.32. The zero-order valence-corrected chi connectivity index (χ0v) is 14.1. The molecule has 4 nitrogen and oxygen atoms in total. The highest BCUT2D eigenvalue weighted by molar-refractivity contribution is 6.39. The Hall–Kier alpha value is -1.20. The highest BCUT2D eigenvalue weighted by Crippen LogP contribution is 2.31. The third kappa shape index (κ3) is 4.17. The van der Waals surface area contributed by atoms with Gasteiger partial charge in [-0.3, -0.25) is 0 Å². The van der Waals surface area contributed by atoms with Crippen LogP contribution in [0.2, 0.25) is 0 Å². The number of halogens is 2. The Bertz CT molecular complexity index is 533. The summed E-state index contributed by atoms with van der Waals surface area (Å²) in [5.74, 6) is 0. The zero-order valence-electron chi connectivity index (χ0n) is 12.6. The molecule has 0 aromatic heterocycles. The molecule has 1 aromatic rings. The normalized spacial score (nSPS) is 15.9. The Morgan fingerprint density at radius 1 is 1.41 bits per heavy atom. The van der Waals surface area contributed by atoms with Gasteiger partial charge >= 0.3 is 0 Å². The van der Waals surface area contributed by atoms with E-state index in [1.54, 1.807) is 0 Å². The Kier molecular flexibility index (Phi) is 6.58. The van der Waals surface area contributed by atoms with E-state index >= 15 is 0 Å². The molecular formula is C16H21Cl2N3O. The van der Waals surface area contributed by atoms with Crippen molar-refractivity contribution in [3.05, 3.63) is 52.8 Å². The second kappa shape index (κ2) is 8.44. The van der Waals surface area contributed by atoms with Crippen LogP contribution in [-0.4, -0.2) is 30.8 Å². The minimum Gasteiger partial charge on any atom is -0.356 e. The minimum absolute atomic E-state index is 0.0114. The summed E-state index contributed by atoms with van der Waals surface area (Å²) >= 11 is 12.4. The number of hydrogen-bond acceptors (Lipinski definition) is 4. The van der Waals surface area contributed by atoms with E-state index in [0.717, 1.165) is 24.1 Å².